The summed E-state index contributed by atoms with van der Waals surface area (Å²) in [5, 5.41) is 4.00. The third kappa shape index (κ3) is 2.29. The van der Waals surface area contributed by atoms with Gasteiger partial charge in [0.2, 0.25) is 5.78 Å². The van der Waals surface area contributed by atoms with Gasteiger partial charge in [0.15, 0.2) is 5.76 Å². The number of rotatable bonds is 3. The monoisotopic (exact) mass is 346 g/mol. The zero-order valence-electron chi connectivity index (χ0n) is 12.8. The second kappa shape index (κ2) is 5.34. The summed E-state index contributed by atoms with van der Waals surface area (Å²) in [6.45, 7) is -0.319. The highest BCUT2D eigenvalue weighted by atomic mass is 35.5. The SMILES string of the molecule is O=C(CN1C(=O)NC2(CCCC2)C1=O)c1cc2cc(Cl)ccc2o1. The van der Waals surface area contributed by atoms with Crippen molar-refractivity contribution in [2.45, 2.75) is 31.2 Å². The number of hydrogen-bond donors (Lipinski definition) is 1. The van der Waals surface area contributed by atoms with Crippen molar-refractivity contribution in [1.82, 2.24) is 10.2 Å². The molecule has 0 bridgehead atoms. The molecule has 1 saturated carbocycles. The molecule has 1 aromatic carbocycles. The summed E-state index contributed by atoms with van der Waals surface area (Å²) < 4.78 is 5.50. The summed E-state index contributed by atoms with van der Waals surface area (Å²) in [6, 6.07) is 6.11. The van der Waals surface area contributed by atoms with Gasteiger partial charge in [0, 0.05) is 10.4 Å². The Bertz CT molecular complexity index is 867. The molecule has 2 aliphatic rings. The number of halogens is 1. The third-order valence-corrected chi connectivity index (χ3v) is 4.99. The molecule has 2 aromatic rings. The van der Waals surface area contributed by atoms with Crippen molar-refractivity contribution in [3.05, 3.63) is 35.0 Å². The van der Waals surface area contributed by atoms with Crippen LogP contribution in [0.5, 0.6) is 0 Å². The van der Waals surface area contributed by atoms with E-state index in [0.29, 0.717) is 28.8 Å². The maximum atomic E-state index is 12.6. The predicted molar refractivity (Wildman–Crippen MR) is 87.0 cm³/mol. The second-order valence-electron chi connectivity index (χ2n) is 6.33. The zero-order chi connectivity index (χ0) is 16.9. The molecule has 1 saturated heterocycles. The number of carbonyl (C=O) groups excluding carboxylic acids is 3. The van der Waals surface area contributed by atoms with Gasteiger partial charge in [-0.2, -0.15) is 0 Å². The first-order valence-corrected chi connectivity index (χ1v) is 8.23. The molecule has 0 unspecified atom stereocenters. The quantitative estimate of drug-likeness (QED) is 0.684. The number of amides is 3. The van der Waals surface area contributed by atoms with Crippen LogP contribution in [0.2, 0.25) is 5.02 Å². The van der Waals surface area contributed by atoms with Crippen molar-refractivity contribution in [2.75, 3.05) is 6.54 Å². The summed E-state index contributed by atoms with van der Waals surface area (Å²) in [6.07, 6.45) is 3.06. The van der Waals surface area contributed by atoms with Crippen molar-refractivity contribution in [3.63, 3.8) is 0 Å². The molecule has 1 aliphatic carbocycles. The minimum atomic E-state index is -0.807. The van der Waals surface area contributed by atoms with Crippen molar-refractivity contribution < 1.29 is 18.8 Å². The van der Waals surface area contributed by atoms with Crippen LogP contribution in [-0.4, -0.2) is 34.7 Å². The number of hydrogen-bond acceptors (Lipinski definition) is 4. The summed E-state index contributed by atoms with van der Waals surface area (Å²) in [4.78, 5) is 38.1. The number of ketones is 1. The van der Waals surface area contributed by atoms with E-state index in [2.05, 4.69) is 5.32 Å². The maximum absolute atomic E-state index is 12.6. The Balaban J connectivity index is 1.56. The lowest BCUT2D eigenvalue weighted by molar-refractivity contribution is -0.130. The lowest BCUT2D eigenvalue weighted by Gasteiger charge is -2.19. The molecular weight excluding hydrogens is 332 g/mol. The highest BCUT2D eigenvalue weighted by molar-refractivity contribution is 6.31. The number of nitrogens with one attached hydrogen (secondary N) is 1. The molecule has 1 N–H and O–H groups in total. The molecule has 1 aliphatic heterocycles. The van der Waals surface area contributed by atoms with Crippen molar-refractivity contribution >= 4 is 40.3 Å². The molecule has 24 heavy (non-hydrogen) atoms. The summed E-state index contributed by atoms with van der Waals surface area (Å²) >= 11 is 5.92. The Hall–Kier alpha value is -2.34. The van der Waals surface area contributed by atoms with Gasteiger partial charge in [0.05, 0.1) is 6.54 Å². The fraction of sp³-hybridized carbons (Fsp3) is 0.353. The van der Waals surface area contributed by atoms with Gasteiger partial charge in [-0.15, -0.1) is 0 Å². The first-order valence-electron chi connectivity index (χ1n) is 7.85. The van der Waals surface area contributed by atoms with Gasteiger partial charge < -0.3 is 9.73 Å². The number of fused-ring (bicyclic) bond motifs is 1. The Morgan fingerprint density at radius 2 is 2.00 bits per heavy atom. The Labute approximate surface area is 142 Å². The van der Waals surface area contributed by atoms with E-state index in [-0.39, 0.29) is 18.2 Å². The van der Waals surface area contributed by atoms with Gasteiger partial charge in [-0.25, -0.2) is 4.79 Å². The van der Waals surface area contributed by atoms with Gasteiger partial charge in [0.1, 0.15) is 11.1 Å². The van der Waals surface area contributed by atoms with E-state index in [9.17, 15) is 14.4 Å². The zero-order valence-corrected chi connectivity index (χ0v) is 13.6. The van der Waals surface area contributed by atoms with Crippen molar-refractivity contribution in [1.29, 1.82) is 0 Å². The second-order valence-corrected chi connectivity index (χ2v) is 6.76. The lowest BCUT2D eigenvalue weighted by atomic mass is 9.98. The maximum Gasteiger partial charge on any atom is 0.325 e. The smallest absolute Gasteiger partial charge is 0.325 e. The highest BCUT2D eigenvalue weighted by Gasteiger charge is 2.52. The van der Waals surface area contributed by atoms with Crippen LogP contribution in [0, 0.1) is 0 Å². The topological polar surface area (TPSA) is 79.6 Å². The largest absolute Gasteiger partial charge is 0.453 e. The molecule has 6 nitrogen and oxygen atoms in total. The lowest BCUT2D eigenvalue weighted by Crippen LogP contribution is -2.44. The molecule has 2 heterocycles. The van der Waals surface area contributed by atoms with E-state index >= 15 is 0 Å². The number of imide groups is 1. The summed E-state index contributed by atoms with van der Waals surface area (Å²) in [7, 11) is 0. The standard InChI is InChI=1S/C17H15ClN2O4/c18-11-3-4-13-10(7-11)8-14(24-13)12(21)9-20-15(22)17(19-16(20)23)5-1-2-6-17/h3-4,7-8H,1-2,5-6,9H2,(H,19,23). The Morgan fingerprint density at radius 1 is 1.25 bits per heavy atom. The van der Waals surface area contributed by atoms with Crippen LogP contribution in [0.4, 0.5) is 4.79 Å². The molecule has 1 aromatic heterocycles. The van der Waals surface area contributed by atoms with Crippen LogP contribution in [0.25, 0.3) is 11.0 Å². The number of furan rings is 1. The Kier molecular flexibility index (Phi) is 3.38. The fourth-order valence-electron chi connectivity index (χ4n) is 3.51. The van der Waals surface area contributed by atoms with E-state index in [1.807, 2.05) is 0 Å². The fourth-order valence-corrected chi connectivity index (χ4v) is 3.69. The van der Waals surface area contributed by atoms with E-state index in [1.165, 1.54) is 0 Å². The van der Waals surface area contributed by atoms with Gasteiger partial charge in [0.25, 0.3) is 5.91 Å². The van der Waals surface area contributed by atoms with E-state index in [4.69, 9.17) is 16.0 Å². The third-order valence-electron chi connectivity index (χ3n) is 4.76. The van der Waals surface area contributed by atoms with Crippen LogP contribution >= 0.6 is 11.6 Å². The van der Waals surface area contributed by atoms with Crippen LogP contribution in [0.1, 0.15) is 36.2 Å². The van der Waals surface area contributed by atoms with Gasteiger partial charge in [-0.3, -0.25) is 14.5 Å². The van der Waals surface area contributed by atoms with Crippen molar-refractivity contribution in [2.24, 2.45) is 0 Å². The molecule has 4 rings (SSSR count). The minimum absolute atomic E-state index is 0.111. The highest BCUT2D eigenvalue weighted by Crippen LogP contribution is 2.35. The average Bonchev–Trinajstić information content (AvgIpc) is 3.22. The molecule has 124 valence electrons. The summed E-state index contributed by atoms with van der Waals surface area (Å²) in [5.74, 6) is -0.612. The first-order chi connectivity index (χ1) is 11.5. The van der Waals surface area contributed by atoms with Gasteiger partial charge in [-0.05, 0) is 37.1 Å². The molecule has 2 fully saturated rings. The minimum Gasteiger partial charge on any atom is -0.453 e. The van der Waals surface area contributed by atoms with Gasteiger partial charge in [-0.1, -0.05) is 24.4 Å². The molecule has 3 amide bonds. The van der Waals surface area contributed by atoms with Crippen molar-refractivity contribution in [3.8, 4) is 0 Å². The van der Waals surface area contributed by atoms with Gasteiger partial charge >= 0.3 is 6.03 Å². The number of urea groups is 1. The predicted octanol–water partition coefficient (Wildman–Crippen LogP) is 3.13. The number of Topliss-reactive ketones (excluding diaryl/α,β-unsaturated/α-hetero) is 1. The van der Waals surface area contributed by atoms with E-state index in [0.717, 1.165) is 17.7 Å². The molecular formula is C17H15ClN2O4. The molecule has 7 heteroatoms. The first kappa shape index (κ1) is 15.2. The number of benzene rings is 1. The normalized spacial score (nSPS) is 19.5. The van der Waals surface area contributed by atoms with Crippen LogP contribution < -0.4 is 5.32 Å². The molecule has 1 spiro atoms. The molecule has 0 atom stereocenters. The van der Waals surface area contributed by atoms with Crippen LogP contribution in [0.15, 0.2) is 28.7 Å². The number of nitrogens with zero attached hydrogens (tertiary/aromatic N) is 1. The average molecular weight is 347 g/mol. The number of carbonyl (C=O) groups is 3. The van der Waals surface area contributed by atoms with E-state index in [1.54, 1.807) is 24.3 Å². The Morgan fingerprint density at radius 3 is 2.75 bits per heavy atom. The summed E-state index contributed by atoms with van der Waals surface area (Å²) in [5.41, 5.74) is -0.272. The van der Waals surface area contributed by atoms with Crippen LogP contribution in [0.3, 0.4) is 0 Å². The van der Waals surface area contributed by atoms with E-state index < -0.39 is 17.4 Å². The van der Waals surface area contributed by atoms with Crippen LogP contribution in [-0.2, 0) is 4.79 Å². The molecule has 0 radical (unpaired) electrons.